The minimum atomic E-state index is -0.987. The van der Waals surface area contributed by atoms with Crippen LogP contribution in [0.5, 0.6) is 11.5 Å². The molecule has 1 aromatic heterocycles. The van der Waals surface area contributed by atoms with Crippen molar-refractivity contribution in [2.24, 2.45) is 0 Å². The quantitative estimate of drug-likeness (QED) is 0.184. The summed E-state index contributed by atoms with van der Waals surface area (Å²) in [6.07, 6.45) is 1.98. The van der Waals surface area contributed by atoms with E-state index < -0.39 is 5.97 Å². The topological polar surface area (TPSA) is 80.6 Å². The maximum Gasteiger partial charge on any atom is 0.335 e. The Balaban J connectivity index is 1.33. The second-order valence-electron chi connectivity index (χ2n) is 10.4. The van der Waals surface area contributed by atoms with Crippen molar-refractivity contribution in [3.05, 3.63) is 156 Å². The standard InChI is InChI=1S/C37H30N2O4/c1-25(27-16-18-30(19-17-27)37(41)42)38-36(40)33-20-21-34(43-31-10-6-3-7-11-31)32-22-23-39(35(32)33)24-26-12-14-29(15-13-26)28-8-4-2-5-9-28/h2-23,25H,24H2,1H3,(H,38,40)(H,41,42)/t25-/m0/s1. The Bertz CT molecular complexity index is 1880. The minimum Gasteiger partial charge on any atom is -0.478 e. The second-order valence-corrected chi connectivity index (χ2v) is 10.4. The van der Waals surface area contributed by atoms with Crippen LogP contribution in [0, 0.1) is 0 Å². The lowest BCUT2D eigenvalue weighted by atomic mass is 10.0. The van der Waals surface area contributed by atoms with Crippen LogP contribution in [0.4, 0.5) is 0 Å². The van der Waals surface area contributed by atoms with Crippen molar-refractivity contribution in [2.75, 3.05) is 0 Å². The number of hydrogen-bond donors (Lipinski definition) is 2. The molecule has 6 aromatic rings. The fraction of sp³-hybridized carbons (Fsp3) is 0.0811. The Hall–Kier alpha value is -5.62. The van der Waals surface area contributed by atoms with Crippen molar-refractivity contribution in [3.8, 4) is 22.6 Å². The average molecular weight is 567 g/mol. The molecule has 0 bridgehead atoms. The Morgan fingerprint density at radius 3 is 2.09 bits per heavy atom. The zero-order valence-corrected chi connectivity index (χ0v) is 23.6. The van der Waals surface area contributed by atoms with Gasteiger partial charge in [-0.2, -0.15) is 0 Å². The van der Waals surface area contributed by atoms with E-state index in [4.69, 9.17) is 4.74 Å². The summed E-state index contributed by atoms with van der Waals surface area (Å²) in [4.78, 5) is 25.0. The number of nitrogens with one attached hydrogen (secondary N) is 1. The third-order valence-electron chi connectivity index (χ3n) is 7.52. The fourth-order valence-electron chi connectivity index (χ4n) is 5.22. The highest BCUT2D eigenvalue weighted by Crippen LogP contribution is 2.34. The molecule has 0 unspecified atom stereocenters. The molecule has 6 nitrogen and oxygen atoms in total. The molecule has 212 valence electrons. The summed E-state index contributed by atoms with van der Waals surface area (Å²) in [5, 5.41) is 13.1. The molecule has 1 amide bonds. The van der Waals surface area contributed by atoms with Crippen molar-refractivity contribution in [3.63, 3.8) is 0 Å². The average Bonchev–Trinajstić information content (AvgIpc) is 3.46. The molecule has 5 aromatic carbocycles. The zero-order valence-electron chi connectivity index (χ0n) is 23.6. The molecule has 0 aliphatic rings. The van der Waals surface area contributed by atoms with Gasteiger partial charge in [0.1, 0.15) is 11.5 Å². The molecule has 0 saturated heterocycles. The van der Waals surface area contributed by atoms with Gasteiger partial charge in [-0.15, -0.1) is 0 Å². The van der Waals surface area contributed by atoms with Gasteiger partial charge in [-0.3, -0.25) is 4.79 Å². The summed E-state index contributed by atoms with van der Waals surface area (Å²) in [5.74, 6) is 0.154. The van der Waals surface area contributed by atoms with Gasteiger partial charge in [0.15, 0.2) is 0 Å². The molecule has 6 rings (SSSR count). The number of rotatable bonds is 9. The predicted molar refractivity (Wildman–Crippen MR) is 169 cm³/mol. The smallest absolute Gasteiger partial charge is 0.335 e. The number of amides is 1. The lowest BCUT2D eigenvalue weighted by molar-refractivity contribution is 0.0696. The molecule has 0 saturated carbocycles. The van der Waals surface area contributed by atoms with Crippen molar-refractivity contribution < 1.29 is 19.4 Å². The molecule has 6 heteroatoms. The number of fused-ring (bicyclic) bond motifs is 1. The summed E-state index contributed by atoms with van der Waals surface area (Å²) >= 11 is 0. The highest BCUT2D eigenvalue weighted by Gasteiger charge is 2.20. The molecular weight excluding hydrogens is 536 g/mol. The van der Waals surface area contributed by atoms with E-state index in [9.17, 15) is 14.7 Å². The summed E-state index contributed by atoms with van der Waals surface area (Å²) in [6.45, 7) is 2.45. The highest BCUT2D eigenvalue weighted by molar-refractivity contribution is 6.07. The third kappa shape index (κ3) is 6.04. The summed E-state index contributed by atoms with van der Waals surface area (Å²) in [5.41, 5.74) is 5.71. The second kappa shape index (κ2) is 12.1. The maximum atomic E-state index is 13.7. The van der Waals surface area contributed by atoms with Crippen LogP contribution in [-0.4, -0.2) is 21.6 Å². The molecule has 0 aliphatic heterocycles. The van der Waals surface area contributed by atoms with Crippen LogP contribution in [0.25, 0.3) is 22.0 Å². The predicted octanol–water partition coefficient (Wildman–Crippen LogP) is 8.34. The van der Waals surface area contributed by atoms with E-state index in [-0.39, 0.29) is 17.5 Å². The van der Waals surface area contributed by atoms with E-state index in [0.717, 1.165) is 33.2 Å². The number of ether oxygens (including phenoxy) is 1. The van der Waals surface area contributed by atoms with Crippen LogP contribution < -0.4 is 10.1 Å². The van der Waals surface area contributed by atoms with Crippen molar-refractivity contribution in [2.45, 2.75) is 19.5 Å². The first-order valence-electron chi connectivity index (χ1n) is 14.1. The number of carboxylic acids is 1. The molecule has 0 fully saturated rings. The monoisotopic (exact) mass is 566 g/mol. The van der Waals surface area contributed by atoms with Crippen LogP contribution in [0.15, 0.2) is 134 Å². The number of para-hydroxylation sites is 1. The van der Waals surface area contributed by atoms with Crippen LogP contribution in [0.3, 0.4) is 0 Å². The molecular formula is C37H30N2O4. The summed E-state index contributed by atoms with van der Waals surface area (Å²) in [6, 6.07) is 40.1. The van der Waals surface area contributed by atoms with E-state index in [1.165, 1.54) is 0 Å². The van der Waals surface area contributed by atoms with Crippen LogP contribution in [0.1, 0.15) is 44.8 Å². The Morgan fingerprint density at radius 1 is 0.767 bits per heavy atom. The van der Waals surface area contributed by atoms with E-state index in [1.807, 2.05) is 73.8 Å². The van der Waals surface area contributed by atoms with Gasteiger partial charge in [0, 0.05) is 18.1 Å². The summed E-state index contributed by atoms with van der Waals surface area (Å²) < 4.78 is 8.32. The van der Waals surface area contributed by atoms with Crippen LogP contribution in [-0.2, 0) is 6.54 Å². The number of aromatic carboxylic acids is 1. The molecule has 43 heavy (non-hydrogen) atoms. The van der Waals surface area contributed by atoms with Gasteiger partial charge in [-0.05, 0) is 71.6 Å². The normalized spacial score (nSPS) is 11.7. The largest absolute Gasteiger partial charge is 0.478 e. The molecule has 2 N–H and O–H groups in total. The van der Waals surface area contributed by atoms with Gasteiger partial charge in [0.25, 0.3) is 5.91 Å². The Kier molecular flexibility index (Phi) is 7.74. The van der Waals surface area contributed by atoms with Crippen molar-refractivity contribution in [1.82, 2.24) is 9.88 Å². The van der Waals surface area contributed by atoms with Crippen LogP contribution in [0.2, 0.25) is 0 Å². The number of nitrogens with zero attached hydrogens (tertiary/aromatic N) is 1. The van der Waals surface area contributed by atoms with Gasteiger partial charge in [0.2, 0.25) is 0 Å². The SMILES string of the molecule is C[C@H](NC(=O)c1ccc(Oc2ccccc2)c2ccn(Cc3ccc(-c4ccccc4)cc3)c12)c1ccc(C(=O)O)cc1. The van der Waals surface area contributed by atoms with E-state index in [0.29, 0.717) is 23.6 Å². The number of carbonyl (C=O) groups excluding carboxylic acids is 1. The van der Waals surface area contributed by atoms with E-state index in [1.54, 1.807) is 30.3 Å². The molecule has 1 heterocycles. The highest BCUT2D eigenvalue weighted by atomic mass is 16.5. The first-order chi connectivity index (χ1) is 21.0. The third-order valence-corrected chi connectivity index (χ3v) is 7.52. The first kappa shape index (κ1) is 27.5. The summed E-state index contributed by atoms with van der Waals surface area (Å²) in [7, 11) is 0. The van der Waals surface area contributed by atoms with E-state index in [2.05, 4.69) is 46.3 Å². The van der Waals surface area contributed by atoms with E-state index >= 15 is 0 Å². The molecule has 0 spiro atoms. The number of aromatic nitrogens is 1. The molecule has 0 radical (unpaired) electrons. The van der Waals surface area contributed by atoms with Crippen molar-refractivity contribution >= 4 is 22.8 Å². The van der Waals surface area contributed by atoms with Crippen molar-refractivity contribution in [1.29, 1.82) is 0 Å². The zero-order chi connectivity index (χ0) is 29.8. The fourth-order valence-corrected chi connectivity index (χ4v) is 5.22. The van der Waals surface area contributed by atoms with Gasteiger partial charge in [0.05, 0.1) is 22.7 Å². The number of benzene rings is 5. The lowest BCUT2D eigenvalue weighted by Crippen LogP contribution is -2.27. The Labute approximate surface area is 249 Å². The minimum absolute atomic E-state index is 0.201. The lowest BCUT2D eigenvalue weighted by Gasteiger charge is -2.17. The van der Waals surface area contributed by atoms with Crippen LogP contribution >= 0.6 is 0 Å². The first-order valence-corrected chi connectivity index (χ1v) is 14.1. The maximum absolute atomic E-state index is 13.7. The van der Waals surface area contributed by atoms with Gasteiger partial charge >= 0.3 is 5.97 Å². The molecule has 0 aliphatic carbocycles. The van der Waals surface area contributed by atoms with Gasteiger partial charge < -0.3 is 19.7 Å². The Morgan fingerprint density at radius 2 is 1.42 bits per heavy atom. The number of hydrogen-bond acceptors (Lipinski definition) is 3. The molecule has 1 atom stereocenters. The van der Waals surface area contributed by atoms with Gasteiger partial charge in [-0.25, -0.2) is 4.79 Å². The van der Waals surface area contributed by atoms with Gasteiger partial charge in [-0.1, -0.05) is 84.9 Å². The number of carboxylic acid groups (broad SMARTS) is 1. The number of carbonyl (C=O) groups is 2.